The monoisotopic (exact) mass is 784 g/mol. The molecule has 0 atom stereocenters. The number of carboxylic acids is 1. The van der Waals surface area contributed by atoms with Crippen LogP contribution in [-0.4, -0.2) is 54.4 Å². The SMILES string of the molecule is CC.CC.CC.CCOC(=O)/C=C/c1ccccc1.CCOC(=O)/C=C/c1ccccc1.CN.O=C(/C=C/c1ccccc1)NO.O=C(O)/C=C/c1ccccc1. The summed E-state index contributed by atoms with van der Waals surface area (Å²) < 4.78 is 9.48. The van der Waals surface area contributed by atoms with Crippen LogP contribution >= 0.6 is 0 Å². The highest BCUT2D eigenvalue weighted by molar-refractivity contribution is 5.90. The molecule has 1 amide bonds. The lowest BCUT2D eigenvalue weighted by atomic mass is 10.2. The van der Waals surface area contributed by atoms with Gasteiger partial charge in [-0.1, -0.05) is 163 Å². The summed E-state index contributed by atoms with van der Waals surface area (Å²) in [6, 6.07) is 37.9. The van der Waals surface area contributed by atoms with Crippen LogP contribution in [0.3, 0.4) is 0 Å². The summed E-state index contributed by atoms with van der Waals surface area (Å²) in [6.45, 7) is 16.4. The number of nitrogens with one attached hydrogen (secondary N) is 1. The number of benzene rings is 4. The van der Waals surface area contributed by atoms with Crippen LogP contribution in [0.2, 0.25) is 0 Å². The quantitative estimate of drug-likeness (QED) is 0.0530. The molecule has 0 bridgehead atoms. The number of nitrogens with two attached hydrogens (primary N) is 1. The molecule has 57 heavy (non-hydrogen) atoms. The molecule has 0 saturated heterocycles. The van der Waals surface area contributed by atoms with Gasteiger partial charge in [0, 0.05) is 24.3 Å². The highest BCUT2D eigenvalue weighted by Gasteiger charge is 1.94. The van der Waals surface area contributed by atoms with Crippen molar-refractivity contribution in [2.24, 2.45) is 5.73 Å². The molecular formula is C47H64N2O8. The number of amides is 1. The lowest BCUT2D eigenvalue weighted by Gasteiger charge is -1.94. The summed E-state index contributed by atoms with van der Waals surface area (Å²) in [5, 5.41) is 16.4. The van der Waals surface area contributed by atoms with Crippen LogP contribution in [0.1, 0.15) is 77.6 Å². The van der Waals surface area contributed by atoms with E-state index in [1.165, 1.54) is 30.8 Å². The predicted octanol–water partition coefficient (Wildman–Crippen LogP) is 10.2. The number of carbonyl (C=O) groups excluding carboxylic acids is 3. The van der Waals surface area contributed by atoms with Gasteiger partial charge in [-0.05, 0) is 67.5 Å². The van der Waals surface area contributed by atoms with E-state index in [2.05, 4.69) is 5.73 Å². The molecule has 0 aliphatic carbocycles. The van der Waals surface area contributed by atoms with Gasteiger partial charge in [0.2, 0.25) is 0 Å². The molecule has 0 unspecified atom stereocenters. The van der Waals surface area contributed by atoms with Crippen LogP contribution in [0.15, 0.2) is 146 Å². The molecule has 0 heterocycles. The number of aliphatic carboxylic acids is 1. The second kappa shape index (κ2) is 45.8. The molecule has 0 radical (unpaired) electrons. The molecular weight excluding hydrogens is 721 g/mol. The van der Waals surface area contributed by atoms with E-state index in [0.29, 0.717) is 13.2 Å². The third-order valence-electron chi connectivity index (χ3n) is 5.55. The van der Waals surface area contributed by atoms with Gasteiger partial charge >= 0.3 is 17.9 Å². The smallest absolute Gasteiger partial charge is 0.330 e. The Labute approximate surface area is 341 Å². The van der Waals surface area contributed by atoms with Crippen LogP contribution in [0.5, 0.6) is 0 Å². The maximum atomic E-state index is 10.9. The highest BCUT2D eigenvalue weighted by atomic mass is 16.5. The Morgan fingerprint density at radius 1 is 0.491 bits per heavy atom. The van der Waals surface area contributed by atoms with Crippen molar-refractivity contribution in [3.05, 3.63) is 168 Å². The Bertz CT molecular complexity index is 1560. The van der Waals surface area contributed by atoms with Crippen molar-refractivity contribution in [2.75, 3.05) is 20.3 Å². The predicted molar refractivity (Wildman–Crippen MR) is 237 cm³/mol. The van der Waals surface area contributed by atoms with Crippen LogP contribution < -0.4 is 11.2 Å². The fraction of sp³-hybridized carbons (Fsp3) is 0.234. The highest BCUT2D eigenvalue weighted by Crippen LogP contribution is 2.03. The van der Waals surface area contributed by atoms with E-state index in [-0.39, 0.29) is 11.9 Å². The molecule has 0 aliphatic rings. The Kier molecular flexibility index (Phi) is 46.1. The first-order valence-corrected chi connectivity index (χ1v) is 18.8. The standard InChI is InChI=1S/2C11H12O2.C9H9NO2.C9H8O2.3C2H6.CH5N/c2*1-2-13-11(12)9-8-10-6-4-3-5-7-10;11-9(10-12)7-6-8-4-2-1-3-5-8;10-9(11)7-6-8-4-2-1-3-5-8;4*1-2/h2*3-9H,2H2,1H3;1-7,12H,(H,10,11);1-7H,(H,10,11);3*1-2H3;2H2,1H3/b2*9-8+;2*7-6+;;;;. The number of hydroxylamine groups is 1. The summed E-state index contributed by atoms with van der Waals surface area (Å²) in [5.74, 6) is -2.05. The summed E-state index contributed by atoms with van der Waals surface area (Å²) in [5.41, 5.74) is 9.82. The van der Waals surface area contributed by atoms with Crippen molar-refractivity contribution in [3.8, 4) is 0 Å². The fourth-order valence-corrected chi connectivity index (χ4v) is 3.34. The molecule has 4 aromatic rings. The van der Waals surface area contributed by atoms with E-state index in [9.17, 15) is 19.2 Å². The maximum Gasteiger partial charge on any atom is 0.330 e. The first-order valence-electron chi connectivity index (χ1n) is 18.8. The van der Waals surface area contributed by atoms with Gasteiger partial charge in [0.25, 0.3) is 5.91 Å². The minimum atomic E-state index is -0.922. The van der Waals surface area contributed by atoms with Crippen molar-refractivity contribution >= 4 is 48.1 Å². The van der Waals surface area contributed by atoms with Crippen LogP contribution in [-0.2, 0) is 28.7 Å². The normalized spacial score (nSPS) is 9.18. The van der Waals surface area contributed by atoms with Gasteiger partial charge in [0.15, 0.2) is 0 Å². The van der Waals surface area contributed by atoms with Crippen LogP contribution in [0.25, 0.3) is 24.3 Å². The van der Waals surface area contributed by atoms with Gasteiger partial charge in [-0.15, -0.1) is 0 Å². The minimum Gasteiger partial charge on any atom is -0.478 e. The van der Waals surface area contributed by atoms with Crippen LogP contribution in [0, 0.1) is 0 Å². The van der Waals surface area contributed by atoms with Crippen molar-refractivity contribution in [1.29, 1.82) is 0 Å². The van der Waals surface area contributed by atoms with Gasteiger partial charge in [0.05, 0.1) is 13.2 Å². The Balaban J connectivity index is -0.000000310. The zero-order valence-corrected chi connectivity index (χ0v) is 35.0. The average molecular weight is 785 g/mol. The van der Waals surface area contributed by atoms with Crippen molar-refractivity contribution in [3.63, 3.8) is 0 Å². The molecule has 0 aliphatic heterocycles. The number of hydrogen-bond donors (Lipinski definition) is 4. The lowest BCUT2D eigenvalue weighted by molar-refractivity contribution is -0.138. The summed E-state index contributed by atoms with van der Waals surface area (Å²) in [6.07, 6.45) is 11.9. The second-order valence-corrected chi connectivity index (χ2v) is 9.29. The molecule has 5 N–H and O–H groups in total. The topological polar surface area (TPSA) is 165 Å². The third-order valence-corrected chi connectivity index (χ3v) is 5.55. The largest absolute Gasteiger partial charge is 0.478 e. The summed E-state index contributed by atoms with van der Waals surface area (Å²) >= 11 is 0. The third kappa shape index (κ3) is 39.2. The van der Waals surface area contributed by atoms with E-state index in [1.54, 1.807) is 38.2 Å². The summed E-state index contributed by atoms with van der Waals surface area (Å²) in [7, 11) is 1.50. The fourth-order valence-electron chi connectivity index (χ4n) is 3.34. The van der Waals surface area contributed by atoms with Crippen molar-refractivity contribution in [1.82, 2.24) is 5.48 Å². The Hall–Kier alpha value is -6.36. The van der Waals surface area contributed by atoms with E-state index < -0.39 is 11.9 Å². The molecule has 4 aromatic carbocycles. The molecule has 4 rings (SSSR count). The van der Waals surface area contributed by atoms with Gasteiger partial charge in [-0.25, -0.2) is 19.9 Å². The van der Waals surface area contributed by atoms with Gasteiger partial charge in [0.1, 0.15) is 0 Å². The van der Waals surface area contributed by atoms with E-state index >= 15 is 0 Å². The first kappa shape index (κ1) is 57.4. The minimum absolute atomic E-state index is 0.300. The lowest BCUT2D eigenvalue weighted by Crippen LogP contribution is -2.14. The molecule has 10 nitrogen and oxygen atoms in total. The first-order chi connectivity index (χ1) is 27.8. The molecule has 0 aromatic heterocycles. The number of carboxylic acid groups (broad SMARTS) is 1. The Morgan fingerprint density at radius 3 is 0.965 bits per heavy atom. The van der Waals surface area contributed by atoms with Crippen molar-refractivity contribution in [2.45, 2.75) is 55.4 Å². The second-order valence-electron chi connectivity index (χ2n) is 9.29. The molecule has 0 saturated carbocycles. The van der Waals surface area contributed by atoms with E-state index in [0.717, 1.165) is 28.3 Å². The van der Waals surface area contributed by atoms with E-state index in [1.807, 2.05) is 163 Å². The molecule has 0 fully saturated rings. The number of rotatable bonds is 10. The average Bonchev–Trinajstić information content (AvgIpc) is 3.28. The number of carbonyl (C=O) groups is 4. The van der Waals surface area contributed by atoms with Gasteiger partial charge in [-0.3, -0.25) is 10.0 Å². The van der Waals surface area contributed by atoms with Gasteiger partial charge in [-0.2, -0.15) is 0 Å². The van der Waals surface area contributed by atoms with Crippen molar-refractivity contribution < 1.29 is 39.0 Å². The maximum absolute atomic E-state index is 10.9. The van der Waals surface area contributed by atoms with E-state index in [4.69, 9.17) is 19.8 Å². The number of esters is 2. The molecule has 0 spiro atoms. The number of hydrogen-bond acceptors (Lipinski definition) is 8. The molecule has 310 valence electrons. The summed E-state index contributed by atoms with van der Waals surface area (Å²) in [4.78, 5) is 42.4. The zero-order chi connectivity index (χ0) is 44.0. The van der Waals surface area contributed by atoms with Crippen LogP contribution in [0.4, 0.5) is 0 Å². The zero-order valence-electron chi connectivity index (χ0n) is 35.0. The Morgan fingerprint density at radius 2 is 0.737 bits per heavy atom. The number of ether oxygens (including phenoxy) is 2. The van der Waals surface area contributed by atoms with Gasteiger partial charge < -0.3 is 20.3 Å². The molecule has 10 heteroatoms.